The van der Waals surface area contributed by atoms with Crippen LogP contribution in [0.2, 0.25) is 0 Å². The Morgan fingerprint density at radius 1 is 1.12 bits per heavy atom. The van der Waals surface area contributed by atoms with E-state index in [1.165, 1.54) is 5.56 Å². The predicted molar refractivity (Wildman–Crippen MR) is 102 cm³/mol. The van der Waals surface area contributed by atoms with Crippen LogP contribution in [-0.4, -0.2) is 29.0 Å². The zero-order chi connectivity index (χ0) is 17.2. The second kappa shape index (κ2) is 7.12. The summed E-state index contributed by atoms with van der Waals surface area (Å²) < 4.78 is 6.98. The number of nitrogens with zero attached hydrogens (tertiary/aromatic N) is 2. The molecule has 1 aromatic heterocycles. The van der Waals surface area contributed by atoms with E-state index in [9.17, 15) is 0 Å². The molecule has 5 heteroatoms. The lowest BCUT2D eigenvalue weighted by Crippen LogP contribution is -2.28. The van der Waals surface area contributed by atoms with Gasteiger partial charge in [-0.2, -0.15) is 0 Å². The van der Waals surface area contributed by atoms with Gasteiger partial charge in [-0.1, -0.05) is 58.4 Å². The van der Waals surface area contributed by atoms with Crippen molar-refractivity contribution in [2.75, 3.05) is 13.1 Å². The average Bonchev–Trinajstić information content (AvgIpc) is 3.23. The summed E-state index contributed by atoms with van der Waals surface area (Å²) in [5.41, 5.74) is 8.70. The normalized spacial score (nSPS) is 20.9. The fourth-order valence-electron chi connectivity index (χ4n) is 3.45. The van der Waals surface area contributed by atoms with Crippen LogP contribution in [0.3, 0.4) is 0 Å². The monoisotopic (exact) mass is 397 g/mol. The number of hydrogen-bond donors (Lipinski definition) is 1. The molecule has 4 rings (SSSR count). The van der Waals surface area contributed by atoms with Gasteiger partial charge in [0.25, 0.3) is 0 Å². The molecule has 1 fully saturated rings. The first-order chi connectivity index (χ1) is 12.2. The smallest absolute Gasteiger partial charge is 0.209 e. The van der Waals surface area contributed by atoms with Crippen LogP contribution in [0.1, 0.15) is 17.4 Å². The van der Waals surface area contributed by atoms with E-state index in [0.29, 0.717) is 12.5 Å². The van der Waals surface area contributed by atoms with Crippen molar-refractivity contribution in [3.8, 4) is 11.3 Å². The summed E-state index contributed by atoms with van der Waals surface area (Å²) in [6.45, 7) is 2.47. The molecular formula is C20H20BrN3O. The Bertz CT molecular complexity index is 849. The average molecular weight is 398 g/mol. The molecule has 0 saturated carbocycles. The van der Waals surface area contributed by atoms with Gasteiger partial charge in [-0.05, 0) is 17.7 Å². The molecule has 2 N–H and O–H groups in total. The maximum Gasteiger partial charge on any atom is 0.209 e. The molecule has 2 atom stereocenters. The van der Waals surface area contributed by atoms with Gasteiger partial charge in [0.1, 0.15) is 0 Å². The molecule has 4 nitrogen and oxygen atoms in total. The number of nitrogens with two attached hydrogens (primary N) is 1. The van der Waals surface area contributed by atoms with E-state index in [4.69, 9.17) is 10.2 Å². The molecule has 25 heavy (non-hydrogen) atoms. The second-order valence-electron chi connectivity index (χ2n) is 6.50. The third-order valence-corrected chi connectivity index (χ3v) is 5.18. The quantitative estimate of drug-likeness (QED) is 0.721. The highest BCUT2D eigenvalue weighted by atomic mass is 79.9. The maximum atomic E-state index is 6.37. The summed E-state index contributed by atoms with van der Waals surface area (Å²) in [6.07, 6.45) is 1.79. The zero-order valence-electron chi connectivity index (χ0n) is 13.8. The predicted octanol–water partition coefficient (Wildman–Crippen LogP) is 4.03. The van der Waals surface area contributed by atoms with E-state index in [-0.39, 0.29) is 6.04 Å². The molecule has 0 unspecified atom stereocenters. The molecule has 1 saturated heterocycles. The third kappa shape index (κ3) is 3.68. The first-order valence-corrected chi connectivity index (χ1v) is 9.22. The molecular weight excluding hydrogens is 378 g/mol. The molecule has 0 amide bonds. The number of likely N-dealkylation sites (tertiary alicyclic amines) is 1. The van der Waals surface area contributed by atoms with Crippen molar-refractivity contribution >= 4 is 15.9 Å². The highest BCUT2D eigenvalue weighted by Crippen LogP contribution is 2.28. The highest BCUT2D eigenvalue weighted by molar-refractivity contribution is 9.10. The molecule has 0 radical (unpaired) electrons. The summed E-state index contributed by atoms with van der Waals surface area (Å²) in [5.74, 6) is 1.89. The Balaban J connectivity index is 1.45. The Morgan fingerprint density at radius 2 is 1.96 bits per heavy atom. The first-order valence-electron chi connectivity index (χ1n) is 8.42. The molecule has 3 aromatic rings. The fraction of sp³-hybridized carbons (Fsp3) is 0.250. The van der Waals surface area contributed by atoms with Crippen LogP contribution < -0.4 is 5.73 Å². The molecule has 0 bridgehead atoms. The van der Waals surface area contributed by atoms with Crippen LogP contribution in [-0.2, 0) is 6.54 Å². The van der Waals surface area contributed by atoms with Crippen LogP contribution in [0.4, 0.5) is 0 Å². The molecule has 128 valence electrons. The lowest BCUT2D eigenvalue weighted by atomic mass is 9.95. The first kappa shape index (κ1) is 16.5. The van der Waals surface area contributed by atoms with Gasteiger partial charge in [0.2, 0.25) is 5.89 Å². The van der Waals surface area contributed by atoms with Crippen LogP contribution >= 0.6 is 15.9 Å². The van der Waals surface area contributed by atoms with E-state index < -0.39 is 0 Å². The van der Waals surface area contributed by atoms with E-state index in [1.54, 1.807) is 6.20 Å². The van der Waals surface area contributed by atoms with Gasteiger partial charge < -0.3 is 10.2 Å². The van der Waals surface area contributed by atoms with E-state index in [1.807, 2.05) is 30.3 Å². The van der Waals surface area contributed by atoms with Crippen molar-refractivity contribution in [1.29, 1.82) is 0 Å². The minimum Gasteiger partial charge on any atom is -0.439 e. The molecule has 2 heterocycles. The summed E-state index contributed by atoms with van der Waals surface area (Å²) in [4.78, 5) is 6.76. The summed E-state index contributed by atoms with van der Waals surface area (Å²) in [6, 6.07) is 18.7. The maximum absolute atomic E-state index is 6.37. The van der Waals surface area contributed by atoms with Crippen molar-refractivity contribution < 1.29 is 4.42 Å². The van der Waals surface area contributed by atoms with Crippen LogP contribution in [0, 0.1) is 0 Å². The number of aromatic nitrogens is 1. The Kier molecular flexibility index (Phi) is 4.70. The van der Waals surface area contributed by atoms with E-state index in [0.717, 1.165) is 34.8 Å². The van der Waals surface area contributed by atoms with Gasteiger partial charge in [0, 0.05) is 35.1 Å². The lowest BCUT2D eigenvalue weighted by Gasteiger charge is -2.14. The van der Waals surface area contributed by atoms with Crippen LogP contribution in [0.25, 0.3) is 11.3 Å². The highest BCUT2D eigenvalue weighted by Gasteiger charge is 2.31. The minimum atomic E-state index is 0.141. The summed E-state index contributed by atoms with van der Waals surface area (Å²) >= 11 is 3.49. The Hall–Kier alpha value is -1.95. The van der Waals surface area contributed by atoms with Crippen molar-refractivity contribution in [2.45, 2.75) is 18.5 Å². The fourth-order valence-corrected chi connectivity index (χ4v) is 3.84. The molecule has 0 spiro atoms. The van der Waals surface area contributed by atoms with Crippen LogP contribution in [0.15, 0.2) is 69.7 Å². The van der Waals surface area contributed by atoms with Crippen molar-refractivity contribution in [1.82, 2.24) is 9.88 Å². The lowest BCUT2D eigenvalue weighted by molar-refractivity contribution is 0.287. The number of rotatable bonds is 4. The Labute approximate surface area is 155 Å². The number of halogens is 1. The molecule has 1 aliphatic rings. The van der Waals surface area contributed by atoms with Crippen molar-refractivity contribution in [3.63, 3.8) is 0 Å². The molecule has 0 aliphatic carbocycles. The van der Waals surface area contributed by atoms with Crippen LogP contribution in [0.5, 0.6) is 0 Å². The SMILES string of the molecule is N[C@@H]1CN(Cc2ncc(-c3cccc(Br)c3)o2)C[C@H]1c1ccccc1. The minimum absolute atomic E-state index is 0.141. The largest absolute Gasteiger partial charge is 0.439 e. The number of oxazole rings is 1. The number of benzene rings is 2. The molecule has 2 aromatic carbocycles. The molecule has 1 aliphatic heterocycles. The summed E-state index contributed by atoms with van der Waals surface area (Å²) in [7, 11) is 0. The Morgan fingerprint density at radius 3 is 2.76 bits per heavy atom. The topological polar surface area (TPSA) is 55.3 Å². The third-order valence-electron chi connectivity index (χ3n) is 4.69. The van der Waals surface area contributed by atoms with Crippen molar-refractivity contribution in [2.24, 2.45) is 5.73 Å². The zero-order valence-corrected chi connectivity index (χ0v) is 15.4. The number of hydrogen-bond acceptors (Lipinski definition) is 4. The standard InChI is InChI=1S/C20H20BrN3O/c21-16-8-4-7-15(9-16)19-10-23-20(25-19)13-24-11-17(18(22)12-24)14-5-2-1-3-6-14/h1-10,17-18H,11-13,22H2/t17-,18+/m0/s1. The van der Waals surface area contributed by atoms with Gasteiger partial charge in [-0.3, -0.25) is 4.90 Å². The van der Waals surface area contributed by atoms with E-state index in [2.05, 4.69) is 50.1 Å². The second-order valence-corrected chi connectivity index (χ2v) is 7.42. The van der Waals surface area contributed by atoms with Gasteiger partial charge in [0.05, 0.1) is 12.7 Å². The van der Waals surface area contributed by atoms with Gasteiger partial charge in [0.15, 0.2) is 5.76 Å². The summed E-state index contributed by atoms with van der Waals surface area (Å²) in [5, 5.41) is 0. The van der Waals surface area contributed by atoms with Crippen molar-refractivity contribution in [3.05, 3.63) is 76.7 Å². The van der Waals surface area contributed by atoms with Gasteiger partial charge >= 0.3 is 0 Å². The van der Waals surface area contributed by atoms with Gasteiger partial charge in [-0.25, -0.2) is 4.98 Å². The van der Waals surface area contributed by atoms with Gasteiger partial charge in [-0.15, -0.1) is 0 Å². The van der Waals surface area contributed by atoms with E-state index >= 15 is 0 Å².